The molecule has 0 saturated heterocycles. The van der Waals surface area contributed by atoms with Crippen LogP contribution in [0.15, 0.2) is 77.7 Å². The molecule has 4 rings (SSSR count). The number of nitrogens with two attached hydrogens (primary N) is 1. The fourth-order valence-corrected chi connectivity index (χ4v) is 5.42. The topological polar surface area (TPSA) is 61.4 Å². The zero-order chi connectivity index (χ0) is 22.3. The van der Waals surface area contributed by atoms with E-state index in [0.717, 1.165) is 17.0 Å². The fourth-order valence-electron chi connectivity index (χ4n) is 4.00. The summed E-state index contributed by atoms with van der Waals surface area (Å²) in [7, 11) is 3.23. The van der Waals surface area contributed by atoms with Gasteiger partial charge in [-0.1, -0.05) is 54.6 Å². The smallest absolute Gasteiger partial charge is 0.203 e. The van der Waals surface area contributed by atoms with Gasteiger partial charge in [-0.15, -0.1) is 11.8 Å². The van der Waals surface area contributed by atoms with Crippen LogP contribution in [-0.2, 0) is 0 Å². The molecule has 0 saturated carbocycles. The molecule has 0 unspecified atom stereocenters. The van der Waals surface area contributed by atoms with Gasteiger partial charge >= 0.3 is 0 Å². The number of fused-ring (bicyclic) bond motifs is 1. The maximum absolute atomic E-state index is 13.4. The number of carbonyl (C=O) groups excluding carboxylic acids is 1. The Hall–Kier alpha value is -2.96. The second kappa shape index (κ2) is 10.6. The monoisotopic (exact) mass is 450 g/mol. The highest BCUT2D eigenvalue weighted by Gasteiger charge is 2.38. The van der Waals surface area contributed by atoms with E-state index >= 15 is 0 Å². The highest BCUT2D eigenvalue weighted by molar-refractivity contribution is 7.99. The normalized spacial score (nSPS) is 17.5. The molecular formula is C26H28NO4S+. The van der Waals surface area contributed by atoms with E-state index < -0.39 is 0 Å². The van der Waals surface area contributed by atoms with E-state index in [2.05, 4.69) is 17.4 Å². The molecule has 32 heavy (non-hydrogen) atoms. The summed E-state index contributed by atoms with van der Waals surface area (Å²) in [6.07, 6.45) is 0. The van der Waals surface area contributed by atoms with Crippen molar-refractivity contribution in [2.24, 2.45) is 5.92 Å². The summed E-state index contributed by atoms with van der Waals surface area (Å²) in [6.45, 7) is 1.91. The molecule has 1 aliphatic heterocycles. The van der Waals surface area contributed by atoms with E-state index in [1.54, 1.807) is 26.0 Å². The standard InChI is InChI=1S/C26H27NO4S/c1-29-21-12-8-13-22(30-2)25(21)31-16-15-27-17-20-24(28)19-11-6-7-14-23(19)32-26(20)18-9-4-3-5-10-18/h3-14,20,26-27H,15-17H2,1-2H3/p+1/t20-,26+/m1/s1. The van der Waals surface area contributed by atoms with Crippen molar-refractivity contribution < 1.29 is 24.3 Å². The van der Waals surface area contributed by atoms with Gasteiger partial charge in [0.15, 0.2) is 17.3 Å². The lowest BCUT2D eigenvalue weighted by Crippen LogP contribution is -2.87. The maximum Gasteiger partial charge on any atom is 0.203 e. The average molecular weight is 451 g/mol. The highest BCUT2D eigenvalue weighted by atomic mass is 32.2. The summed E-state index contributed by atoms with van der Waals surface area (Å²) < 4.78 is 16.7. The van der Waals surface area contributed by atoms with Crippen LogP contribution < -0.4 is 19.5 Å². The molecule has 1 heterocycles. The van der Waals surface area contributed by atoms with Crippen molar-refractivity contribution >= 4 is 17.5 Å². The van der Waals surface area contributed by atoms with Gasteiger partial charge in [-0.3, -0.25) is 4.79 Å². The van der Waals surface area contributed by atoms with Crippen molar-refractivity contribution in [3.8, 4) is 17.2 Å². The van der Waals surface area contributed by atoms with Crippen LogP contribution in [0.5, 0.6) is 17.2 Å². The number of carbonyl (C=O) groups is 1. The van der Waals surface area contributed by atoms with E-state index in [1.165, 1.54) is 5.56 Å². The molecule has 5 nitrogen and oxygen atoms in total. The van der Waals surface area contributed by atoms with Crippen molar-refractivity contribution in [3.05, 3.63) is 83.9 Å². The third kappa shape index (κ3) is 4.76. The van der Waals surface area contributed by atoms with Gasteiger partial charge in [0, 0.05) is 15.7 Å². The lowest BCUT2D eigenvalue weighted by atomic mass is 9.90. The first kappa shape index (κ1) is 22.2. The summed E-state index contributed by atoms with van der Waals surface area (Å²) >= 11 is 1.79. The zero-order valence-corrected chi connectivity index (χ0v) is 19.1. The van der Waals surface area contributed by atoms with Crippen molar-refractivity contribution in [3.63, 3.8) is 0 Å². The fraction of sp³-hybridized carbons (Fsp3) is 0.269. The number of methoxy groups -OCH3 is 2. The molecule has 0 fully saturated rings. The molecule has 0 spiro atoms. The van der Waals surface area contributed by atoms with E-state index in [-0.39, 0.29) is 17.0 Å². The Kier molecular flexibility index (Phi) is 7.35. The number of rotatable bonds is 9. The van der Waals surface area contributed by atoms with Gasteiger partial charge in [0.25, 0.3) is 0 Å². The summed E-state index contributed by atoms with van der Waals surface area (Å²) in [5.74, 6) is 2.01. The van der Waals surface area contributed by atoms with Crippen molar-refractivity contribution in [1.29, 1.82) is 0 Å². The predicted molar refractivity (Wildman–Crippen MR) is 126 cm³/mol. The van der Waals surface area contributed by atoms with E-state index in [1.807, 2.05) is 60.7 Å². The van der Waals surface area contributed by atoms with Crippen LogP contribution in [0.2, 0.25) is 0 Å². The first-order valence-corrected chi connectivity index (χ1v) is 11.6. The van der Waals surface area contributed by atoms with E-state index in [0.29, 0.717) is 30.4 Å². The van der Waals surface area contributed by atoms with Crippen molar-refractivity contribution in [1.82, 2.24) is 0 Å². The van der Waals surface area contributed by atoms with Crippen LogP contribution in [0.3, 0.4) is 0 Å². The largest absolute Gasteiger partial charge is 0.493 e. The van der Waals surface area contributed by atoms with Gasteiger partial charge in [0.05, 0.1) is 26.7 Å². The number of quaternary nitrogens is 1. The summed E-state index contributed by atoms with van der Waals surface area (Å²) in [5, 5.41) is 2.26. The molecule has 3 aromatic rings. The van der Waals surface area contributed by atoms with E-state index in [4.69, 9.17) is 14.2 Å². The number of ketones is 1. The minimum Gasteiger partial charge on any atom is -0.493 e. The Morgan fingerprint density at radius 3 is 2.28 bits per heavy atom. The quantitative estimate of drug-likeness (QED) is 0.500. The molecule has 166 valence electrons. The molecule has 0 bridgehead atoms. The van der Waals surface area contributed by atoms with Gasteiger partial charge in [-0.05, 0) is 23.8 Å². The lowest BCUT2D eigenvalue weighted by Gasteiger charge is -2.30. The molecular weight excluding hydrogens is 422 g/mol. The van der Waals surface area contributed by atoms with E-state index in [9.17, 15) is 4.79 Å². The molecule has 0 radical (unpaired) electrons. The number of thioether (sulfide) groups is 1. The summed E-state index contributed by atoms with van der Waals surface area (Å²) in [5.41, 5.74) is 2.02. The zero-order valence-electron chi connectivity index (χ0n) is 18.3. The highest BCUT2D eigenvalue weighted by Crippen LogP contribution is 2.47. The van der Waals surface area contributed by atoms with Crippen LogP contribution >= 0.6 is 11.8 Å². The van der Waals surface area contributed by atoms with Crippen LogP contribution in [0.1, 0.15) is 21.2 Å². The van der Waals surface area contributed by atoms with Gasteiger partial charge < -0.3 is 19.5 Å². The Labute approximate surface area is 193 Å². The van der Waals surface area contributed by atoms with Crippen LogP contribution in [0, 0.1) is 5.92 Å². The Morgan fingerprint density at radius 1 is 0.875 bits per heavy atom. The minimum absolute atomic E-state index is 0.0990. The third-order valence-corrected chi connectivity index (χ3v) is 7.07. The van der Waals surface area contributed by atoms with Crippen LogP contribution in [-0.4, -0.2) is 39.7 Å². The maximum atomic E-state index is 13.4. The molecule has 6 heteroatoms. The SMILES string of the molecule is COc1cccc(OC)c1OCC[NH2+]C[C@@H]1C(=O)c2ccccc2S[C@H]1c1ccccc1. The summed E-state index contributed by atoms with van der Waals surface area (Å²) in [6, 6.07) is 23.8. The summed E-state index contributed by atoms with van der Waals surface area (Å²) in [4.78, 5) is 14.4. The molecule has 2 atom stereocenters. The van der Waals surface area contributed by atoms with Crippen LogP contribution in [0.4, 0.5) is 0 Å². The van der Waals surface area contributed by atoms with Crippen molar-refractivity contribution in [2.75, 3.05) is 33.9 Å². The second-order valence-electron chi connectivity index (χ2n) is 7.57. The Balaban J connectivity index is 1.42. The first-order chi connectivity index (χ1) is 15.7. The second-order valence-corrected chi connectivity index (χ2v) is 8.75. The molecule has 3 aromatic carbocycles. The number of hydrogen-bond donors (Lipinski definition) is 1. The Morgan fingerprint density at radius 2 is 1.56 bits per heavy atom. The Bertz CT molecular complexity index is 1030. The number of para-hydroxylation sites is 1. The molecule has 0 aromatic heterocycles. The van der Waals surface area contributed by atoms with Gasteiger partial charge in [-0.2, -0.15) is 0 Å². The first-order valence-electron chi connectivity index (χ1n) is 10.7. The molecule has 0 amide bonds. The predicted octanol–water partition coefficient (Wildman–Crippen LogP) is 3.99. The lowest BCUT2D eigenvalue weighted by molar-refractivity contribution is -0.659. The number of ether oxygens (including phenoxy) is 3. The van der Waals surface area contributed by atoms with Gasteiger partial charge in [0.1, 0.15) is 13.2 Å². The minimum atomic E-state index is -0.0990. The van der Waals surface area contributed by atoms with Gasteiger partial charge in [-0.25, -0.2) is 0 Å². The number of benzene rings is 3. The van der Waals surface area contributed by atoms with Crippen LogP contribution in [0.25, 0.3) is 0 Å². The average Bonchev–Trinajstić information content (AvgIpc) is 2.85. The number of Topliss-reactive ketones (excluding diaryl/α,β-unsaturated/α-hetero) is 1. The molecule has 1 aliphatic rings. The molecule has 2 N–H and O–H groups in total. The van der Waals surface area contributed by atoms with Crippen molar-refractivity contribution in [2.45, 2.75) is 10.1 Å². The van der Waals surface area contributed by atoms with Gasteiger partial charge in [0.2, 0.25) is 5.75 Å². The molecule has 0 aliphatic carbocycles. The number of hydrogen-bond acceptors (Lipinski definition) is 5. The third-order valence-electron chi connectivity index (χ3n) is 5.61.